The standard InChI is InChI=1S/C18H30N2/c1-3-18(17-10-6-4-7-11-17)19-14-16(2)15-20-12-8-5-9-13-20/h4,6-7,10-11,16,18-19H,3,5,8-9,12-15H2,1-2H3. The molecule has 1 N–H and O–H groups in total. The van der Waals surface area contributed by atoms with Crippen LogP contribution in [0.3, 0.4) is 0 Å². The van der Waals surface area contributed by atoms with Crippen LogP contribution in [0.2, 0.25) is 0 Å². The molecule has 1 fully saturated rings. The summed E-state index contributed by atoms with van der Waals surface area (Å²) in [7, 11) is 0. The molecule has 1 aliphatic rings. The number of nitrogens with one attached hydrogen (secondary N) is 1. The summed E-state index contributed by atoms with van der Waals surface area (Å²) in [4.78, 5) is 2.64. The Morgan fingerprint density at radius 2 is 1.80 bits per heavy atom. The fourth-order valence-corrected chi connectivity index (χ4v) is 3.17. The quantitative estimate of drug-likeness (QED) is 0.812. The van der Waals surface area contributed by atoms with Gasteiger partial charge >= 0.3 is 0 Å². The zero-order valence-corrected chi connectivity index (χ0v) is 13.1. The van der Waals surface area contributed by atoms with Crippen molar-refractivity contribution in [3.8, 4) is 0 Å². The van der Waals surface area contributed by atoms with Gasteiger partial charge in [0.25, 0.3) is 0 Å². The highest BCUT2D eigenvalue weighted by Gasteiger charge is 2.15. The maximum absolute atomic E-state index is 3.75. The summed E-state index contributed by atoms with van der Waals surface area (Å²) in [6.07, 6.45) is 5.36. The summed E-state index contributed by atoms with van der Waals surface area (Å²) < 4.78 is 0. The second-order valence-electron chi connectivity index (χ2n) is 6.25. The molecule has 0 aromatic heterocycles. The van der Waals surface area contributed by atoms with Crippen LogP contribution in [-0.4, -0.2) is 31.1 Å². The van der Waals surface area contributed by atoms with E-state index in [1.807, 2.05) is 0 Å². The van der Waals surface area contributed by atoms with E-state index < -0.39 is 0 Å². The van der Waals surface area contributed by atoms with Crippen molar-refractivity contribution in [2.45, 2.75) is 45.6 Å². The van der Waals surface area contributed by atoms with Gasteiger partial charge in [0.05, 0.1) is 0 Å². The summed E-state index contributed by atoms with van der Waals surface area (Å²) in [5.41, 5.74) is 1.42. The minimum absolute atomic E-state index is 0.500. The molecule has 1 saturated heterocycles. The van der Waals surface area contributed by atoms with Crippen LogP contribution in [-0.2, 0) is 0 Å². The van der Waals surface area contributed by atoms with Gasteiger partial charge in [-0.25, -0.2) is 0 Å². The molecule has 0 saturated carbocycles. The highest BCUT2D eigenvalue weighted by atomic mass is 15.1. The third-order valence-corrected chi connectivity index (χ3v) is 4.34. The van der Waals surface area contributed by atoms with Gasteiger partial charge in [0.15, 0.2) is 0 Å². The van der Waals surface area contributed by atoms with Crippen molar-refractivity contribution in [1.82, 2.24) is 10.2 Å². The van der Waals surface area contributed by atoms with Crippen molar-refractivity contribution in [3.05, 3.63) is 35.9 Å². The molecular weight excluding hydrogens is 244 g/mol. The van der Waals surface area contributed by atoms with Gasteiger partial charge in [-0.05, 0) is 50.4 Å². The second-order valence-corrected chi connectivity index (χ2v) is 6.25. The third-order valence-electron chi connectivity index (χ3n) is 4.34. The third kappa shape index (κ3) is 4.92. The Kier molecular flexibility index (Phi) is 6.55. The van der Waals surface area contributed by atoms with Gasteiger partial charge in [0.2, 0.25) is 0 Å². The molecular formula is C18H30N2. The van der Waals surface area contributed by atoms with E-state index in [0.717, 1.165) is 18.9 Å². The van der Waals surface area contributed by atoms with Crippen LogP contribution in [0.5, 0.6) is 0 Å². The van der Waals surface area contributed by atoms with Crippen LogP contribution < -0.4 is 5.32 Å². The molecule has 112 valence electrons. The normalized spacial score (nSPS) is 19.7. The number of hydrogen-bond acceptors (Lipinski definition) is 2. The van der Waals surface area contributed by atoms with E-state index in [1.165, 1.54) is 44.5 Å². The number of piperidine rings is 1. The lowest BCUT2D eigenvalue weighted by atomic mass is 10.0. The van der Waals surface area contributed by atoms with Gasteiger partial charge in [0.1, 0.15) is 0 Å². The fraction of sp³-hybridized carbons (Fsp3) is 0.667. The molecule has 2 unspecified atom stereocenters. The van der Waals surface area contributed by atoms with E-state index in [0.29, 0.717) is 6.04 Å². The minimum Gasteiger partial charge on any atom is -0.310 e. The Labute approximate surface area is 124 Å². The SMILES string of the molecule is CCC(NCC(C)CN1CCCCC1)c1ccccc1. The average Bonchev–Trinajstić information content (AvgIpc) is 2.50. The van der Waals surface area contributed by atoms with Crippen LogP contribution in [0.1, 0.15) is 51.1 Å². The number of benzene rings is 1. The van der Waals surface area contributed by atoms with Crippen molar-refractivity contribution in [2.24, 2.45) is 5.92 Å². The molecule has 0 radical (unpaired) electrons. The topological polar surface area (TPSA) is 15.3 Å². The van der Waals surface area contributed by atoms with Crippen molar-refractivity contribution in [1.29, 1.82) is 0 Å². The van der Waals surface area contributed by atoms with E-state index in [4.69, 9.17) is 0 Å². The fourth-order valence-electron chi connectivity index (χ4n) is 3.17. The molecule has 20 heavy (non-hydrogen) atoms. The lowest BCUT2D eigenvalue weighted by Crippen LogP contribution is -2.37. The van der Waals surface area contributed by atoms with Crippen LogP contribution >= 0.6 is 0 Å². The summed E-state index contributed by atoms with van der Waals surface area (Å²) in [5, 5.41) is 3.75. The van der Waals surface area contributed by atoms with Crippen molar-refractivity contribution < 1.29 is 0 Å². The molecule has 1 aliphatic heterocycles. The summed E-state index contributed by atoms with van der Waals surface area (Å²) in [5.74, 6) is 0.728. The smallest absolute Gasteiger partial charge is 0.0317 e. The molecule has 0 spiro atoms. The van der Waals surface area contributed by atoms with Gasteiger partial charge in [0, 0.05) is 12.6 Å². The van der Waals surface area contributed by atoms with E-state index in [9.17, 15) is 0 Å². The molecule has 0 aliphatic carbocycles. The highest BCUT2D eigenvalue weighted by molar-refractivity contribution is 5.18. The Morgan fingerprint density at radius 1 is 1.10 bits per heavy atom. The summed E-state index contributed by atoms with van der Waals surface area (Å²) >= 11 is 0. The van der Waals surface area contributed by atoms with Crippen molar-refractivity contribution in [2.75, 3.05) is 26.2 Å². The molecule has 2 rings (SSSR count). The average molecular weight is 274 g/mol. The van der Waals surface area contributed by atoms with Gasteiger partial charge in [-0.1, -0.05) is 50.6 Å². The van der Waals surface area contributed by atoms with E-state index in [1.54, 1.807) is 0 Å². The monoisotopic (exact) mass is 274 g/mol. The number of rotatable bonds is 7. The van der Waals surface area contributed by atoms with E-state index >= 15 is 0 Å². The van der Waals surface area contributed by atoms with Crippen LogP contribution in [0.25, 0.3) is 0 Å². The Hall–Kier alpha value is -0.860. The molecule has 0 amide bonds. The Balaban J connectivity index is 1.75. The molecule has 2 nitrogen and oxygen atoms in total. The summed E-state index contributed by atoms with van der Waals surface area (Å²) in [6, 6.07) is 11.3. The predicted octanol–water partition coefficient (Wildman–Crippen LogP) is 3.85. The first kappa shape index (κ1) is 15.5. The van der Waals surface area contributed by atoms with Gasteiger partial charge < -0.3 is 10.2 Å². The van der Waals surface area contributed by atoms with Gasteiger partial charge in [-0.15, -0.1) is 0 Å². The molecule has 1 aromatic rings. The van der Waals surface area contributed by atoms with Crippen LogP contribution in [0.15, 0.2) is 30.3 Å². The van der Waals surface area contributed by atoms with Gasteiger partial charge in [-0.3, -0.25) is 0 Å². The zero-order valence-electron chi connectivity index (χ0n) is 13.1. The Bertz CT molecular complexity index is 357. The summed E-state index contributed by atoms with van der Waals surface area (Å²) in [6.45, 7) is 9.61. The highest BCUT2D eigenvalue weighted by Crippen LogP contribution is 2.17. The lowest BCUT2D eigenvalue weighted by Gasteiger charge is -2.30. The van der Waals surface area contributed by atoms with E-state index in [2.05, 4.69) is 54.4 Å². The molecule has 0 bridgehead atoms. The van der Waals surface area contributed by atoms with E-state index in [-0.39, 0.29) is 0 Å². The molecule has 2 atom stereocenters. The van der Waals surface area contributed by atoms with Crippen LogP contribution in [0.4, 0.5) is 0 Å². The first-order valence-corrected chi connectivity index (χ1v) is 8.30. The maximum atomic E-state index is 3.75. The predicted molar refractivity (Wildman–Crippen MR) is 86.9 cm³/mol. The largest absolute Gasteiger partial charge is 0.310 e. The van der Waals surface area contributed by atoms with Gasteiger partial charge in [-0.2, -0.15) is 0 Å². The van der Waals surface area contributed by atoms with Crippen molar-refractivity contribution in [3.63, 3.8) is 0 Å². The van der Waals surface area contributed by atoms with Crippen molar-refractivity contribution >= 4 is 0 Å². The maximum Gasteiger partial charge on any atom is 0.0317 e. The second kappa shape index (κ2) is 8.43. The lowest BCUT2D eigenvalue weighted by molar-refractivity contribution is 0.197. The minimum atomic E-state index is 0.500. The molecule has 1 heterocycles. The van der Waals surface area contributed by atoms with Crippen LogP contribution in [0, 0.1) is 5.92 Å². The zero-order chi connectivity index (χ0) is 14.2. The number of likely N-dealkylation sites (tertiary alicyclic amines) is 1. The molecule has 1 aromatic carbocycles. The Morgan fingerprint density at radius 3 is 2.45 bits per heavy atom. The molecule has 2 heteroatoms. The number of nitrogens with zero attached hydrogens (tertiary/aromatic N) is 1. The first-order chi connectivity index (χ1) is 9.79. The number of hydrogen-bond donors (Lipinski definition) is 1. The first-order valence-electron chi connectivity index (χ1n) is 8.30.